The van der Waals surface area contributed by atoms with Gasteiger partial charge < -0.3 is 9.52 Å². The minimum atomic E-state index is -0.390. The predicted octanol–water partition coefficient (Wildman–Crippen LogP) is 4.45. The zero-order valence-corrected chi connectivity index (χ0v) is 15.4. The number of benzene rings is 2. The Morgan fingerprint density at radius 1 is 1.22 bits per heavy atom. The Morgan fingerprint density at radius 2 is 2.11 bits per heavy atom. The molecule has 5 rings (SSSR count). The molecule has 1 aliphatic rings. The third-order valence-electron chi connectivity index (χ3n) is 5.15. The van der Waals surface area contributed by atoms with Crippen molar-refractivity contribution in [1.29, 1.82) is 0 Å². The molecule has 1 saturated heterocycles. The first-order valence-electron chi connectivity index (χ1n) is 9.03. The molecule has 1 atom stereocenters. The van der Waals surface area contributed by atoms with Gasteiger partial charge in [0, 0.05) is 24.1 Å². The Balaban J connectivity index is 1.51. The van der Waals surface area contributed by atoms with Crippen LogP contribution in [0.25, 0.3) is 21.2 Å². The van der Waals surface area contributed by atoms with Gasteiger partial charge in [0.05, 0.1) is 16.3 Å². The van der Waals surface area contributed by atoms with Crippen LogP contribution < -0.4 is 5.63 Å². The maximum atomic E-state index is 12.0. The fourth-order valence-corrected chi connectivity index (χ4v) is 5.03. The normalized spacial score (nSPS) is 17.9. The fraction of sp³-hybridized carbons (Fsp3) is 0.238. The van der Waals surface area contributed by atoms with E-state index < -0.39 is 0 Å². The summed E-state index contributed by atoms with van der Waals surface area (Å²) in [4.78, 5) is 19.2. The number of hydrogen-bond donors (Lipinski definition) is 1. The van der Waals surface area contributed by atoms with E-state index >= 15 is 0 Å². The van der Waals surface area contributed by atoms with Crippen LogP contribution in [0.1, 0.15) is 29.5 Å². The Bertz CT molecular complexity index is 1160. The van der Waals surface area contributed by atoms with Gasteiger partial charge in [-0.2, -0.15) is 0 Å². The summed E-state index contributed by atoms with van der Waals surface area (Å²) in [5.74, 6) is 0.0938. The van der Waals surface area contributed by atoms with E-state index in [9.17, 15) is 9.90 Å². The van der Waals surface area contributed by atoms with Crippen molar-refractivity contribution in [2.45, 2.75) is 25.4 Å². The molecule has 2 aromatic heterocycles. The summed E-state index contributed by atoms with van der Waals surface area (Å²) in [7, 11) is 0. The molecule has 136 valence electrons. The lowest BCUT2D eigenvalue weighted by Gasteiger charge is -2.23. The van der Waals surface area contributed by atoms with Crippen molar-refractivity contribution in [3.63, 3.8) is 0 Å². The third kappa shape index (κ3) is 3.01. The van der Waals surface area contributed by atoms with E-state index in [2.05, 4.69) is 17.0 Å². The largest absolute Gasteiger partial charge is 0.508 e. The number of aromatic hydroxyl groups is 1. The van der Waals surface area contributed by atoms with Crippen LogP contribution in [-0.4, -0.2) is 21.5 Å². The first-order chi connectivity index (χ1) is 13.2. The van der Waals surface area contributed by atoms with Crippen LogP contribution in [-0.2, 0) is 6.54 Å². The molecule has 1 N–H and O–H groups in total. The van der Waals surface area contributed by atoms with Gasteiger partial charge in [0.25, 0.3) is 0 Å². The fourth-order valence-electron chi connectivity index (χ4n) is 3.90. The highest BCUT2D eigenvalue weighted by Crippen LogP contribution is 2.37. The van der Waals surface area contributed by atoms with Gasteiger partial charge in [-0.25, -0.2) is 9.78 Å². The monoisotopic (exact) mass is 378 g/mol. The van der Waals surface area contributed by atoms with Gasteiger partial charge in [0.15, 0.2) is 0 Å². The van der Waals surface area contributed by atoms with E-state index in [1.54, 1.807) is 23.5 Å². The topological polar surface area (TPSA) is 66.6 Å². The summed E-state index contributed by atoms with van der Waals surface area (Å²) in [6.45, 7) is 1.63. The van der Waals surface area contributed by atoms with Gasteiger partial charge in [-0.05, 0) is 49.2 Å². The molecule has 0 radical (unpaired) electrons. The first kappa shape index (κ1) is 16.5. The van der Waals surface area contributed by atoms with Crippen LogP contribution in [0.5, 0.6) is 5.75 Å². The van der Waals surface area contributed by atoms with Crippen LogP contribution in [0.3, 0.4) is 0 Å². The summed E-state index contributed by atoms with van der Waals surface area (Å²) in [5, 5.41) is 11.7. The molecule has 5 nitrogen and oxygen atoms in total. The van der Waals surface area contributed by atoms with Crippen molar-refractivity contribution in [3.05, 3.63) is 69.5 Å². The molecule has 4 aromatic rings. The standard InChI is InChI=1S/C21H18N2O3S/c24-14-7-8-15-13(10-20(25)26-18(15)11-14)12-23-9-3-5-17(23)21-22-16-4-1-2-6-19(16)27-21/h1-2,4,6-8,10-11,17,24H,3,5,9,12H2/t17-/m1/s1. The van der Waals surface area contributed by atoms with Gasteiger partial charge in [-0.15, -0.1) is 11.3 Å². The number of hydrogen-bond acceptors (Lipinski definition) is 6. The second kappa shape index (κ2) is 6.48. The number of likely N-dealkylation sites (tertiary alicyclic amines) is 1. The third-order valence-corrected chi connectivity index (χ3v) is 6.28. The van der Waals surface area contributed by atoms with E-state index in [1.165, 1.54) is 10.8 Å². The molecule has 1 fully saturated rings. The maximum Gasteiger partial charge on any atom is 0.336 e. The highest BCUT2D eigenvalue weighted by Gasteiger charge is 2.29. The highest BCUT2D eigenvalue weighted by molar-refractivity contribution is 7.18. The lowest BCUT2D eigenvalue weighted by Crippen LogP contribution is -2.23. The Labute approximate surface area is 159 Å². The van der Waals surface area contributed by atoms with E-state index in [4.69, 9.17) is 9.40 Å². The minimum absolute atomic E-state index is 0.0938. The number of aromatic nitrogens is 1. The van der Waals surface area contributed by atoms with Crippen LogP contribution in [0.15, 0.2) is 57.7 Å². The van der Waals surface area contributed by atoms with Gasteiger partial charge in [0.2, 0.25) is 0 Å². The van der Waals surface area contributed by atoms with Crippen molar-refractivity contribution >= 4 is 32.5 Å². The molecule has 1 aliphatic heterocycles. The smallest absolute Gasteiger partial charge is 0.336 e. The number of para-hydroxylation sites is 1. The highest BCUT2D eigenvalue weighted by atomic mass is 32.1. The van der Waals surface area contributed by atoms with Gasteiger partial charge in [-0.3, -0.25) is 4.90 Å². The maximum absolute atomic E-state index is 12.0. The summed E-state index contributed by atoms with van der Waals surface area (Å²) in [5.41, 5.74) is 2.01. The van der Waals surface area contributed by atoms with Crippen LogP contribution in [0, 0.1) is 0 Å². The summed E-state index contributed by atoms with van der Waals surface area (Å²) in [6.07, 6.45) is 2.18. The van der Waals surface area contributed by atoms with Gasteiger partial charge in [-0.1, -0.05) is 12.1 Å². The number of nitrogens with zero attached hydrogens (tertiary/aromatic N) is 2. The number of fused-ring (bicyclic) bond motifs is 2. The molecular weight excluding hydrogens is 360 g/mol. The Kier molecular flexibility index (Phi) is 3.95. The SMILES string of the molecule is O=c1cc(CN2CCC[C@@H]2c2nc3ccccc3s2)c2ccc(O)cc2o1. The lowest BCUT2D eigenvalue weighted by atomic mass is 10.1. The van der Waals surface area contributed by atoms with E-state index in [-0.39, 0.29) is 17.4 Å². The van der Waals surface area contributed by atoms with Crippen molar-refractivity contribution in [2.24, 2.45) is 0 Å². The molecule has 6 heteroatoms. The molecule has 0 spiro atoms. The minimum Gasteiger partial charge on any atom is -0.508 e. The average Bonchev–Trinajstić information content (AvgIpc) is 3.27. The average molecular weight is 378 g/mol. The quantitative estimate of drug-likeness (QED) is 0.534. The number of phenols is 1. The zero-order valence-electron chi connectivity index (χ0n) is 14.6. The zero-order chi connectivity index (χ0) is 18.4. The molecule has 0 saturated carbocycles. The van der Waals surface area contributed by atoms with Gasteiger partial charge >= 0.3 is 5.63 Å². The molecule has 0 amide bonds. The number of phenolic OH excluding ortho intramolecular Hbond substituents is 1. The number of rotatable bonds is 3. The summed E-state index contributed by atoms with van der Waals surface area (Å²) in [6, 6.07) is 15.0. The summed E-state index contributed by atoms with van der Waals surface area (Å²) < 4.78 is 6.46. The molecular formula is C21H18N2O3S. The van der Waals surface area contributed by atoms with Crippen molar-refractivity contribution in [1.82, 2.24) is 9.88 Å². The molecule has 0 unspecified atom stereocenters. The molecule has 2 aromatic carbocycles. The van der Waals surface area contributed by atoms with E-state index in [0.29, 0.717) is 12.1 Å². The van der Waals surface area contributed by atoms with Crippen LogP contribution in [0.4, 0.5) is 0 Å². The Hall–Kier alpha value is -2.70. The number of thiazole rings is 1. The van der Waals surface area contributed by atoms with Crippen LogP contribution in [0.2, 0.25) is 0 Å². The van der Waals surface area contributed by atoms with Crippen molar-refractivity contribution in [3.8, 4) is 5.75 Å². The van der Waals surface area contributed by atoms with Crippen molar-refractivity contribution < 1.29 is 9.52 Å². The molecule has 3 heterocycles. The summed E-state index contributed by atoms with van der Waals surface area (Å²) >= 11 is 1.75. The van der Waals surface area contributed by atoms with E-state index in [0.717, 1.165) is 40.9 Å². The Morgan fingerprint density at radius 3 is 3.00 bits per heavy atom. The van der Waals surface area contributed by atoms with Crippen LogP contribution >= 0.6 is 11.3 Å². The molecule has 0 aliphatic carbocycles. The second-order valence-electron chi connectivity index (χ2n) is 6.92. The lowest BCUT2D eigenvalue weighted by molar-refractivity contribution is 0.248. The van der Waals surface area contributed by atoms with Gasteiger partial charge in [0.1, 0.15) is 16.3 Å². The first-order valence-corrected chi connectivity index (χ1v) is 9.84. The predicted molar refractivity (Wildman–Crippen MR) is 106 cm³/mol. The molecule has 0 bridgehead atoms. The van der Waals surface area contributed by atoms with E-state index in [1.807, 2.05) is 18.2 Å². The van der Waals surface area contributed by atoms with Crippen molar-refractivity contribution in [2.75, 3.05) is 6.54 Å². The second-order valence-corrected chi connectivity index (χ2v) is 7.98. The molecule has 27 heavy (non-hydrogen) atoms.